The van der Waals surface area contributed by atoms with Crippen LogP contribution < -0.4 is 5.32 Å². The Balaban J connectivity index is 2.53. The number of hydrogen-bond donors (Lipinski definition) is 1. The van der Waals surface area contributed by atoms with E-state index >= 15 is 0 Å². The monoisotopic (exact) mass is 510 g/mol. The average Bonchev–Trinajstić information content (AvgIpc) is 2.79. The van der Waals surface area contributed by atoms with Crippen molar-refractivity contribution in [2.75, 3.05) is 0 Å². The molecule has 2 atom stereocenters. The van der Waals surface area contributed by atoms with E-state index in [0.29, 0.717) is 11.1 Å². The van der Waals surface area contributed by atoms with Gasteiger partial charge in [-0.3, -0.25) is 0 Å². The van der Waals surface area contributed by atoms with Crippen LogP contribution in [-0.4, -0.2) is 35.0 Å². The zero-order chi connectivity index (χ0) is 27.9. The highest BCUT2D eigenvalue weighted by Crippen LogP contribution is 2.33. The molecule has 0 saturated carbocycles. The Kier molecular flexibility index (Phi) is 9.29. The molecule has 0 spiro atoms. The van der Waals surface area contributed by atoms with Crippen LogP contribution >= 0.6 is 0 Å². The fourth-order valence-corrected chi connectivity index (χ4v) is 3.19. The smallest absolute Gasteiger partial charge is 0.456 e. The third kappa shape index (κ3) is 8.83. The Morgan fingerprint density at radius 1 is 0.865 bits per heavy atom. The molecule has 1 N–H and O–H groups in total. The number of alkyl carbamates (subject to hydrolysis) is 1. The number of ether oxygens (including phenoxy) is 4. The zero-order valence-electron chi connectivity index (χ0n) is 22.3. The molecule has 0 heterocycles. The molecule has 0 saturated heterocycles. The summed E-state index contributed by atoms with van der Waals surface area (Å²) in [7, 11) is 0. The van der Waals surface area contributed by atoms with Crippen molar-refractivity contribution in [2.24, 2.45) is 0 Å². The van der Waals surface area contributed by atoms with Crippen LogP contribution in [0.1, 0.15) is 64.3 Å². The van der Waals surface area contributed by atoms with E-state index in [1.54, 1.807) is 102 Å². The summed E-state index contributed by atoms with van der Waals surface area (Å²) in [5, 5.41) is 12.9. The van der Waals surface area contributed by atoms with Gasteiger partial charge in [0.15, 0.2) is 0 Å². The van der Waals surface area contributed by atoms with Gasteiger partial charge < -0.3 is 24.3 Å². The Labute approximate surface area is 217 Å². The predicted octanol–water partition coefficient (Wildman–Crippen LogP) is 5.52. The largest absolute Gasteiger partial charge is 0.510 e. The molecule has 37 heavy (non-hydrogen) atoms. The van der Waals surface area contributed by atoms with E-state index in [0.717, 1.165) is 5.56 Å². The van der Waals surface area contributed by atoms with Gasteiger partial charge in [0, 0.05) is 0 Å². The fourth-order valence-electron chi connectivity index (χ4n) is 3.19. The number of aryl methyl sites for hydroxylation is 1. The van der Waals surface area contributed by atoms with Gasteiger partial charge in [0.2, 0.25) is 0 Å². The van der Waals surface area contributed by atoms with Crippen molar-refractivity contribution in [2.45, 2.75) is 77.9 Å². The number of nitrogens with zero attached hydrogens (tertiary/aromatic N) is 1. The summed E-state index contributed by atoms with van der Waals surface area (Å²) in [5.74, 6) is -1.18. The molecule has 0 bridgehead atoms. The minimum atomic E-state index is -2.65. The van der Waals surface area contributed by atoms with Crippen LogP contribution in [0.2, 0.25) is 0 Å². The molecule has 0 unspecified atom stereocenters. The molecule has 0 aliphatic rings. The molecule has 9 nitrogen and oxygen atoms in total. The van der Waals surface area contributed by atoms with Gasteiger partial charge in [-0.05, 0) is 59.6 Å². The number of nitriles is 1. The van der Waals surface area contributed by atoms with Crippen LogP contribution in [-0.2, 0) is 30.3 Å². The lowest BCUT2D eigenvalue weighted by Crippen LogP contribution is -2.56. The minimum Gasteiger partial charge on any atom is -0.456 e. The maximum absolute atomic E-state index is 13.5. The van der Waals surface area contributed by atoms with Crippen LogP contribution in [0.3, 0.4) is 0 Å². The third-order valence-electron chi connectivity index (χ3n) is 4.79. The molecule has 9 heteroatoms. The predicted molar refractivity (Wildman–Crippen MR) is 135 cm³/mol. The number of carbonyl (C=O) groups is 3. The summed E-state index contributed by atoms with van der Waals surface area (Å²) >= 11 is 0. The highest BCUT2D eigenvalue weighted by atomic mass is 16.7. The second-order valence-electron chi connectivity index (χ2n) is 10.5. The second-order valence-corrected chi connectivity index (χ2v) is 10.5. The van der Waals surface area contributed by atoms with E-state index in [-0.39, 0.29) is 6.61 Å². The molecule has 198 valence electrons. The lowest BCUT2D eigenvalue weighted by Gasteiger charge is -2.35. The highest BCUT2D eigenvalue weighted by molar-refractivity contribution is 5.88. The van der Waals surface area contributed by atoms with Gasteiger partial charge in [-0.25, -0.2) is 14.4 Å². The van der Waals surface area contributed by atoms with Crippen molar-refractivity contribution in [1.29, 1.82) is 5.26 Å². The average molecular weight is 511 g/mol. The van der Waals surface area contributed by atoms with Gasteiger partial charge in [0.05, 0.1) is 0 Å². The SMILES string of the molecule is Cc1ccc([C@@H](NC(=O)OC(C)(C)C)[C@@](C#N)(OC(=O)OCc2ccccc2)C(=O)OC(C)(C)C)cc1. The van der Waals surface area contributed by atoms with E-state index in [1.807, 2.05) is 6.92 Å². The van der Waals surface area contributed by atoms with Crippen molar-refractivity contribution in [3.05, 3.63) is 71.3 Å². The van der Waals surface area contributed by atoms with E-state index in [9.17, 15) is 19.6 Å². The van der Waals surface area contributed by atoms with Gasteiger partial charge in [-0.2, -0.15) is 5.26 Å². The van der Waals surface area contributed by atoms with Crippen LogP contribution in [0.15, 0.2) is 54.6 Å². The molecule has 0 radical (unpaired) electrons. The van der Waals surface area contributed by atoms with E-state index in [2.05, 4.69) is 5.32 Å². The molecule has 0 aliphatic carbocycles. The van der Waals surface area contributed by atoms with Gasteiger partial charge in [-0.1, -0.05) is 60.2 Å². The lowest BCUT2D eigenvalue weighted by atomic mass is 9.88. The highest BCUT2D eigenvalue weighted by Gasteiger charge is 2.55. The number of benzene rings is 2. The molecule has 0 aromatic heterocycles. The Morgan fingerprint density at radius 2 is 1.43 bits per heavy atom. The quantitative estimate of drug-likeness (QED) is 0.381. The molecular weight excluding hydrogens is 476 g/mol. The molecule has 0 aliphatic heterocycles. The van der Waals surface area contributed by atoms with Gasteiger partial charge in [-0.15, -0.1) is 0 Å². The normalized spacial score (nSPS) is 13.8. The zero-order valence-corrected chi connectivity index (χ0v) is 22.3. The Bertz CT molecular complexity index is 1130. The fraction of sp³-hybridized carbons (Fsp3) is 0.429. The maximum Gasteiger partial charge on any atom is 0.510 e. The standard InChI is InChI=1S/C28H34N2O7/c1-19-13-15-21(16-14-19)22(30-24(32)36-27(5,6)7)28(18-29,23(31)35-26(2,3)4)37-25(33)34-17-20-11-9-8-10-12-20/h8-16,22H,17H2,1-7H3,(H,30,32)/t22-,28-/m1/s1. The van der Waals surface area contributed by atoms with E-state index in [1.165, 1.54) is 0 Å². The van der Waals surface area contributed by atoms with Crippen molar-refractivity contribution in [3.8, 4) is 6.07 Å². The third-order valence-corrected chi connectivity index (χ3v) is 4.79. The molecule has 2 aromatic rings. The van der Waals surface area contributed by atoms with Crippen LogP contribution in [0.5, 0.6) is 0 Å². The Hall–Kier alpha value is -4.06. The molecule has 0 fully saturated rings. The maximum atomic E-state index is 13.5. The van der Waals surface area contributed by atoms with Gasteiger partial charge in [0.1, 0.15) is 29.9 Å². The summed E-state index contributed by atoms with van der Waals surface area (Å²) in [6.07, 6.45) is -2.22. The van der Waals surface area contributed by atoms with Crippen molar-refractivity contribution >= 4 is 18.2 Å². The van der Waals surface area contributed by atoms with E-state index in [4.69, 9.17) is 18.9 Å². The lowest BCUT2D eigenvalue weighted by molar-refractivity contribution is -0.176. The Morgan fingerprint density at radius 3 is 1.95 bits per heavy atom. The van der Waals surface area contributed by atoms with Crippen LogP contribution in [0, 0.1) is 18.3 Å². The number of hydrogen-bond acceptors (Lipinski definition) is 8. The minimum absolute atomic E-state index is 0.163. The summed E-state index contributed by atoms with van der Waals surface area (Å²) in [5.41, 5.74) is -2.70. The molecule has 2 aromatic carbocycles. The van der Waals surface area contributed by atoms with Gasteiger partial charge >= 0.3 is 23.8 Å². The first-order valence-electron chi connectivity index (χ1n) is 11.8. The summed E-state index contributed by atoms with van der Waals surface area (Å²) in [4.78, 5) is 39.1. The molecule has 2 rings (SSSR count). The van der Waals surface area contributed by atoms with Crippen molar-refractivity contribution < 1.29 is 33.3 Å². The summed E-state index contributed by atoms with van der Waals surface area (Å²) in [6, 6.07) is 15.8. The number of amides is 1. The first kappa shape index (κ1) is 29.2. The van der Waals surface area contributed by atoms with Crippen molar-refractivity contribution in [1.82, 2.24) is 5.32 Å². The van der Waals surface area contributed by atoms with Crippen LogP contribution in [0.25, 0.3) is 0 Å². The number of rotatable bonds is 7. The first-order chi connectivity index (χ1) is 17.1. The topological polar surface area (TPSA) is 124 Å². The summed E-state index contributed by atoms with van der Waals surface area (Å²) in [6.45, 7) is 11.5. The first-order valence-corrected chi connectivity index (χ1v) is 11.8. The number of esters is 1. The van der Waals surface area contributed by atoms with Crippen molar-refractivity contribution in [3.63, 3.8) is 0 Å². The second kappa shape index (κ2) is 11.8. The number of nitrogens with one attached hydrogen (secondary N) is 1. The van der Waals surface area contributed by atoms with Crippen LogP contribution in [0.4, 0.5) is 9.59 Å². The molecule has 1 amide bonds. The number of carbonyl (C=O) groups excluding carboxylic acids is 3. The molecular formula is C28H34N2O7. The van der Waals surface area contributed by atoms with E-state index < -0.39 is 41.1 Å². The van der Waals surface area contributed by atoms with Gasteiger partial charge in [0.25, 0.3) is 0 Å². The summed E-state index contributed by atoms with van der Waals surface area (Å²) < 4.78 is 21.5.